The molecule has 0 fully saturated rings. The molecule has 0 aliphatic heterocycles. The summed E-state index contributed by atoms with van der Waals surface area (Å²) >= 11 is 0. The molecule has 0 heterocycles. The van der Waals surface area contributed by atoms with Crippen LogP contribution in [0.1, 0.15) is 5.56 Å². The van der Waals surface area contributed by atoms with Crippen LogP contribution in [-0.4, -0.2) is 19.4 Å². The number of para-hydroxylation sites is 2. The second-order valence-corrected chi connectivity index (χ2v) is 3.93. The lowest BCUT2D eigenvalue weighted by molar-refractivity contribution is 0.252. The van der Waals surface area contributed by atoms with Crippen molar-refractivity contribution in [1.82, 2.24) is 5.43 Å². The number of urea groups is 1. The average Bonchev–Trinajstić information content (AvgIpc) is 2.49. The number of hydrogen-bond donors (Lipinski definition) is 2. The highest BCUT2D eigenvalue weighted by molar-refractivity contribution is 5.90. The van der Waals surface area contributed by atoms with E-state index in [1.165, 1.54) is 6.21 Å². The molecule has 2 aromatic rings. The third kappa shape index (κ3) is 3.84. The fraction of sp³-hybridized carbons (Fsp3) is 0.0667. The van der Waals surface area contributed by atoms with Crippen LogP contribution in [0.3, 0.4) is 0 Å². The number of benzene rings is 2. The molecule has 102 valence electrons. The molecular weight excluding hydrogens is 254 g/mol. The van der Waals surface area contributed by atoms with E-state index in [0.717, 1.165) is 5.56 Å². The van der Waals surface area contributed by atoms with E-state index in [1.807, 2.05) is 42.5 Å². The highest BCUT2D eigenvalue weighted by Gasteiger charge is 2.00. The molecule has 20 heavy (non-hydrogen) atoms. The van der Waals surface area contributed by atoms with Gasteiger partial charge >= 0.3 is 6.03 Å². The third-order valence-corrected chi connectivity index (χ3v) is 2.54. The summed E-state index contributed by atoms with van der Waals surface area (Å²) in [6.45, 7) is 0. The Morgan fingerprint density at radius 3 is 2.55 bits per heavy atom. The van der Waals surface area contributed by atoms with Gasteiger partial charge in [-0.15, -0.1) is 0 Å². The van der Waals surface area contributed by atoms with E-state index in [4.69, 9.17) is 4.74 Å². The van der Waals surface area contributed by atoms with Gasteiger partial charge in [0.1, 0.15) is 5.75 Å². The number of hydrogen-bond acceptors (Lipinski definition) is 3. The van der Waals surface area contributed by atoms with Crippen LogP contribution < -0.4 is 15.5 Å². The number of carbonyl (C=O) groups excluding carboxylic acids is 1. The lowest BCUT2D eigenvalue weighted by atomic mass is 10.2. The van der Waals surface area contributed by atoms with Gasteiger partial charge in [0.2, 0.25) is 0 Å². The van der Waals surface area contributed by atoms with Gasteiger partial charge in [-0.3, -0.25) is 0 Å². The van der Waals surface area contributed by atoms with Crippen LogP contribution in [0.4, 0.5) is 10.5 Å². The van der Waals surface area contributed by atoms with Gasteiger partial charge in [-0.25, -0.2) is 10.2 Å². The zero-order chi connectivity index (χ0) is 14.2. The number of hydrazone groups is 1. The molecule has 0 unspecified atom stereocenters. The Bertz CT molecular complexity index is 597. The highest BCUT2D eigenvalue weighted by atomic mass is 16.5. The van der Waals surface area contributed by atoms with E-state index in [-0.39, 0.29) is 0 Å². The molecule has 0 aliphatic carbocycles. The van der Waals surface area contributed by atoms with E-state index in [0.29, 0.717) is 11.4 Å². The molecular formula is C15H15N3O2. The first kappa shape index (κ1) is 13.6. The zero-order valence-electron chi connectivity index (χ0n) is 11.0. The number of amides is 2. The fourth-order valence-corrected chi connectivity index (χ4v) is 1.61. The molecule has 2 N–H and O–H groups in total. The molecule has 0 aliphatic rings. The predicted molar refractivity (Wildman–Crippen MR) is 79.2 cm³/mol. The maximum atomic E-state index is 11.6. The third-order valence-electron chi connectivity index (χ3n) is 2.54. The minimum atomic E-state index is -0.401. The predicted octanol–water partition coefficient (Wildman–Crippen LogP) is 2.85. The van der Waals surface area contributed by atoms with Crippen LogP contribution in [0.5, 0.6) is 5.75 Å². The van der Waals surface area contributed by atoms with Crippen molar-refractivity contribution in [2.45, 2.75) is 0 Å². The Kier molecular flexibility index (Phi) is 4.72. The van der Waals surface area contributed by atoms with Crippen LogP contribution >= 0.6 is 0 Å². The smallest absolute Gasteiger partial charge is 0.339 e. The molecule has 0 spiro atoms. The summed E-state index contributed by atoms with van der Waals surface area (Å²) in [7, 11) is 1.59. The normalized spacial score (nSPS) is 10.2. The minimum Gasteiger partial charge on any atom is -0.496 e. The van der Waals surface area contributed by atoms with Crippen LogP contribution in [0, 0.1) is 0 Å². The molecule has 2 aromatic carbocycles. The molecule has 2 amide bonds. The van der Waals surface area contributed by atoms with Crippen LogP contribution in [0.15, 0.2) is 59.7 Å². The topological polar surface area (TPSA) is 62.7 Å². The Morgan fingerprint density at radius 2 is 1.80 bits per heavy atom. The number of carbonyl (C=O) groups is 1. The largest absolute Gasteiger partial charge is 0.496 e. The molecule has 0 saturated heterocycles. The van der Waals surface area contributed by atoms with Gasteiger partial charge in [-0.1, -0.05) is 30.3 Å². The Morgan fingerprint density at radius 1 is 1.10 bits per heavy atom. The van der Waals surface area contributed by atoms with Crippen molar-refractivity contribution in [2.75, 3.05) is 12.4 Å². The van der Waals surface area contributed by atoms with Crippen molar-refractivity contribution in [3.8, 4) is 5.75 Å². The van der Waals surface area contributed by atoms with E-state index >= 15 is 0 Å². The first-order chi connectivity index (χ1) is 9.79. The molecule has 0 radical (unpaired) electrons. The molecule has 5 heteroatoms. The standard InChI is InChI=1S/C15H15N3O2/c1-20-14-10-6-5-7-12(14)11-16-18-15(19)17-13-8-3-2-4-9-13/h2-11H,1H3,(H2,17,18,19)/b16-11+. The van der Waals surface area contributed by atoms with Gasteiger partial charge in [-0.05, 0) is 24.3 Å². The fourth-order valence-electron chi connectivity index (χ4n) is 1.61. The second kappa shape index (κ2) is 6.94. The Balaban J connectivity index is 1.91. The van der Waals surface area contributed by atoms with Gasteiger partial charge in [-0.2, -0.15) is 5.10 Å². The van der Waals surface area contributed by atoms with E-state index in [2.05, 4.69) is 15.8 Å². The van der Waals surface area contributed by atoms with Crippen molar-refractivity contribution >= 4 is 17.9 Å². The first-order valence-electron chi connectivity index (χ1n) is 6.08. The van der Waals surface area contributed by atoms with Crippen LogP contribution in [0.25, 0.3) is 0 Å². The molecule has 0 atom stereocenters. The van der Waals surface area contributed by atoms with Crippen molar-refractivity contribution in [3.05, 3.63) is 60.2 Å². The summed E-state index contributed by atoms with van der Waals surface area (Å²) in [6, 6.07) is 16.2. The molecule has 0 aromatic heterocycles. The number of anilines is 1. The van der Waals surface area contributed by atoms with Gasteiger partial charge < -0.3 is 10.1 Å². The highest BCUT2D eigenvalue weighted by Crippen LogP contribution is 2.14. The minimum absolute atomic E-state index is 0.401. The summed E-state index contributed by atoms with van der Waals surface area (Å²) in [5.74, 6) is 0.696. The number of methoxy groups -OCH3 is 1. The summed E-state index contributed by atoms with van der Waals surface area (Å²) in [5.41, 5.74) is 3.89. The van der Waals surface area contributed by atoms with Crippen molar-refractivity contribution in [3.63, 3.8) is 0 Å². The monoisotopic (exact) mass is 269 g/mol. The summed E-state index contributed by atoms with van der Waals surface area (Å²) in [6.07, 6.45) is 1.53. The molecule has 2 rings (SSSR count). The molecule has 0 bridgehead atoms. The second-order valence-electron chi connectivity index (χ2n) is 3.93. The van der Waals surface area contributed by atoms with Gasteiger partial charge in [0.15, 0.2) is 0 Å². The van der Waals surface area contributed by atoms with Gasteiger partial charge in [0, 0.05) is 11.3 Å². The average molecular weight is 269 g/mol. The number of nitrogens with one attached hydrogen (secondary N) is 2. The molecule has 0 saturated carbocycles. The number of ether oxygens (including phenoxy) is 1. The van der Waals surface area contributed by atoms with E-state index in [9.17, 15) is 4.79 Å². The quantitative estimate of drug-likeness (QED) is 0.662. The summed E-state index contributed by atoms with van der Waals surface area (Å²) in [5, 5.41) is 6.54. The Labute approximate surface area is 117 Å². The van der Waals surface area contributed by atoms with Gasteiger partial charge in [0.25, 0.3) is 0 Å². The Hall–Kier alpha value is -2.82. The van der Waals surface area contributed by atoms with Crippen molar-refractivity contribution in [1.29, 1.82) is 0 Å². The zero-order valence-corrected chi connectivity index (χ0v) is 11.0. The van der Waals surface area contributed by atoms with E-state index < -0.39 is 6.03 Å². The van der Waals surface area contributed by atoms with Gasteiger partial charge in [0.05, 0.1) is 13.3 Å². The van der Waals surface area contributed by atoms with Crippen LogP contribution in [0.2, 0.25) is 0 Å². The first-order valence-corrected chi connectivity index (χ1v) is 6.08. The number of rotatable bonds is 4. The molecule has 5 nitrogen and oxygen atoms in total. The van der Waals surface area contributed by atoms with Crippen molar-refractivity contribution in [2.24, 2.45) is 5.10 Å². The lowest BCUT2D eigenvalue weighted by Crippen LogP contribution is -2.24. The number of nitrogens with zero attached hydrogens (tertiary/aromatic N) is 1. The van der Waals surface area contributed by atoms with Crippen LogP contribution in [-0.2, 0) is 0 Å². The van der Waals surface area contributed by atoms with E-state index in [1.54, 1.807) is 19.2 Å². The SMILES string of the molecule is COc1ccccc1/C=N/NC(=O)Nc1ccccc1. The summed E-state index contributed by atoms with van der Waals surface area (Å²) < 4.78 is 5.18. The maximum Gasteiger partial charge on any atom is 0.339 e. The summed E-state index contributed by atoms with van der Waals surface area (Å²) in [4.78, 5) is 11.6. The van der Waals surface area contributed by atoms with Crippen molar-refractivity contribution < 1.29 is 9.53 Å². The maximum absolute atomic E-state index is 11.6. The lowest BCUT2D eigenvalue weighted by Gasteiger charge is -2.04.